The van der Waals surface area contributed by atoms with Crippen LogP contribution in [0.2, 0.25) is 0 Å². The minimum Gasteiger partial charge on any atom is -0.382 e. The molecule has 1 N–H and O–H groups in total. The first-order valence-electron chi connectivity index (χ1n) is 8.13. The highest BCUT2D eigenvalue weighted by Crippen LogP contribution is 2.44. The van der Waals surface area contributed by atoms with Crippen molar-refractivity contribution in [2.45, 2.75) is 50.3 Å². The van der Waals surface area contributed by atoms with E-state index in [-0.39, 0.29) is 11.3 Å². The van der Waals surface area contributed by atoms with Gasteiger partial charge in [-0.2, -0.15) is 0 Å². The Bertz CT molecular complexity index is 640. The second-order valence-electron chi connectivity index (χ2n) is 6.98. The summed E-state index contributed by atoms with van der Waals surface area (Å²) < 4.78 is 36.6. The Morgan fingerprint density at radius 2 is 1.95 bits per heavy atom. The lowest BCUT2D eigenvalue weighted by Crippen LogP contribution is -2.28. The number of hydrogen-bond donors (Lipinski definition) is 1. The summed E-state index contributed by atoms with van der Waals surface area (Å²) in [5.74, 6) is 1.08. The normalized spacial score (nSPS) is 25.9. The molecule has 2 aliphatic carbocycles. The van der Waals surface area contributed by atoms with Crippen LogP contribution in [0.4, 0.5) is 10.1 Å². The van der Waals surface area contributed by atoms with Gasteiger partial charge < -0.3 is 5.32 Å². The lowest BCUT2D eigenvalue weighted by molar-refractivity contribution is 0.303. The predicted octanol–water partition coefficient (Wildman–Crippen LogP) is 3.75. The Morgan fingerprint density at radius 1 is 1.18 bits per heavy atom. The molecule has 0 heterocycles. The number of anilines is 1. The summed E-state index contributed by atoms with van der Waals surface area (Å²) in [5, 5.41) is 3.43. The number of halogens is 1. The number of sulfone groups is 1. The van der Waals surface area contributed by atoms with E-state index in [1.165, 1.54) is 38.2 Å². The molecule has 2 fully saturated rings. The van der Waals surface area contributed by atoms with Crippen LogP contribution in [0.3, 0.4) is 0 Å². The van der Waals surface area contributed by atoms with Gasteiger partial charge in [-0.05, 0) is 49.7 Å². The van der Waals surface area contributed by atoms with Gasteiger partial charge in [0.2, 0.25) is 0 Å². The summed E-state index contributed by atoms with van der Waals surface area (Å²) in [6.45, 7) is 0. The van der Waals surface area contributed by atoms with Gasteiger partial charge in [0.15, 0.2) is 9.84 Å². The lowest BCUT2D eigenvalue weighted by atomic mass is 9.82. The molecule has 2 saturated carbocycles. The summed E-state index contributed by atoms with van der Waals surface area (Å²) in [4.78, 5) is 0. The maximum Gasteiger partial charge on any atom is 0.151 e. The van der Waals surface area contributed by atoms with E-state index < -0.39 is 15.7 Å². The standard InChI is InChI=1S/C17H24FNO2S/c1-22(20,21)11-14-7-8-16(10-17(14)18)19-15-4-2-3-13(9-15)12-5-6-12/h7-8,10,12-13,15,19H,2-6,9,11H2,1H3/t13-,15-/m0/s1. The van der Waals surface area contributed by atoms with Crippen LogP contribution in [-0.4, -0.2) is 20.7 Å². The molecule has 0 radical (unpaired) electrons. The van der Waals surface area contributed by atoms with Gasteiger partial charge in [0.25, 0.3) is 0 Å². The molecule has 0 spiro atoms. The third kappa shape index (κ3) is 4.22. The summed E-state index contributed by atoms with van der Waals surface area (Å²) in [5.41, 5.74) is 1.00. The summed E-state index contributed by atoms with van der Waals surface area (Å²) >= 11 is 0. The maximum atomic E-state index is 14.0. The maximum absolute atomic E-state index is 14.0. The highest BCUT2D eigenvalue weighted by atomic mass is 32.2. The smallest absolute Gasteiger partial charge is 0.151 e. The van der Waals surface area contributed by atoms with Crippen molar-refractivity contribution in [1.82, 2.24) is 0 Å². The van der Waals surface area contributed by atoms with Gasteiger partial charge in [-0.25, -0.2) is 12.8 Å². The predicted molar refractivity (Wildman–Crippen MR) is 87.0 cm³/mol. The molecule has 22 heavy (non-hydrogen) atoms. The fourth-order valence-corrected chi connectivity index (χ4v) is 4.43. The van der Waals surface area contributed by atoms with E-state index in [0.717, 1.165) is 30.2 Å². The first-order chi connectivity index (χ1) is 10.4. The minimum absolute atomic E-state index is 0.243. The molecular formula is C17H24FNO2S. The second kappa shape index (κ2) is 6.19. The Hall–Kier alpha value is -1.10. The average molecular weight is 325 g/mol. The Morgan fingerprint density at radius 3 is 2.59 bits per heavy atom. The quantitative estimate of drug-likeness (QED) is 0.897. The van der Waals surface area contributed by atoms with Crippen molar-refractivity contribution in [3.05, 3.63) is 29.6 Å². The fraction of sp³-hybridized carbons (Fsp3) is 0.647. The van der Waals surface area contributed by atoms with Crippen LogP contribution < -0.4 is 5.32 Å². The number of nitrogens with one attached hydrogen (secondary N) is 1. The van der Waals surface area contributed by atoms with Gasteiger partial charge in [0, 0.05) is 23.5 Å². The van der Waals surface area contributed by atoms with Crippen LogP contribution >= 0.6 is 0 Å². The van der Waals surface area contributed by atoms with Gasteiger partial charge in [-0.1, -0.05) is 18.9 Å². The molecule has 3 nitrogen and oxygen atoms in total. The number of benzene rings is 1. The van der Waals surface area contributed by atoms with Crippen molar-refractivity contribution >= 4 is 15.5 Å². The van der Waals surface area contributed by atoms with Gasteiger partial charge in [0.05, 0.1) is 5.75 Å². The van der Waals surface area contributed by atoms with E-state index in [4.69, 9.17) is 0 Å². The first-order valence-corrected chi connectivity index (χ1v) is 10.2. The van der Waals surface area contributed by atoms with E-state index in [1.807, 2.05) is 0 Å². The zero-order valence-corrected chi connectivity index (χ0v) is 13.8. The van der Waals surface area contributed by atoms with Gasteiger partial charge >= 0.3 is 0 Å². The summed E-state index contributed by atoms with van der Waals surface area (Å²) in [6, 6.07) is 5.23. The Balaban J connectivity index is 1.63. The van der Waals surface area contributed by atoms with Crippen molar-refractivity contribution in [2.24, 2.45) is 11.8 Å². The van der Waals surface area contributed by atoms with Crippen molar-refractivity contribution in [3.63, 3.8) is 0 Å². The monoisotopic (exact) mass is 325 g/mol. The second-order valence-corrected chi connectivity index (χ2v) is 9.12. The molecule has 122 valence electrons. The molecule has 1 aromatic rings. The lowest BCUT2D eigenvalue weighted by Gasteiger charge is -2.30. The van der Waals surface area contributed by atoms with E-state index in [0.29, 0.717) is 6.04 Å². The molecule has 3 rings (SSSR count). The number of hydrogen-bond acceptors (Lipinski definition) is 3. The molecule has 0 aliphatic heterocycles. The van der Waals surface area contributed by atoms with Crippen LogP contribution in [-0.2, 0) is 15.6 Å². The Labute approximate surface area is 132 Å². The molecule has 0 unspecified atom stereocenters. The molecule has 1 aromatic carbocycles. The molecule has 2 aliphatic rings. The largest absolute Gasteiger partial charge is 0.382 e. The fourth-order valence-electron chi connectivity index (χ4n) is 3.63. The average Bonchev–Trinajstić information content (AvgIpc) is 3.25. The highest BCUT2D eigenvalue weighted by Gasteiger charge is 2.34. The number of rotatable bonds is 5. The third-order valence-electron chi connectivity index (χ3n) is 4.84. The molecule has 2 atom stereocenters. The van der Waals surface area contributed by atoms with Crippen molar-refractivity contribution in [3.8, 4) is 0 Å². The summed E-state index contributed by atoms with van der Waals surface area (Å²) in [7, 11) is -3.21. The Kier molecular flexibility index (Phi) is 4.44. The van der Waals surface area contributed by atoms with Gasteiger partial charge in [0.1, 0.15) is 5.82 Å². The molecule has 5 heteroatoms. The van der Waals surface area contributed by atoms with Gasteiger partial charge in [-0.3, -0.25) is 0 Å². The van der Waals surface area contributed by atoms with E-state index in [2.05, 4.69) is 5.32 Å². The zero-order valence-electron chi connectivity index (χ0n) is 13.0. The van der Waals surface area contributed by atoms with Crippen molar-refractivity contribution in [2.75, 3.05) is 11.6 Å². The molecule has 0 aromatic heterocycles. The molecule has 0 bridgehead atoms. The zero-order chi connectivity index (χ0) is 15.7. The molecule has 0 saturated heterocycles. The van der Waals surface area contributed by atoms with E-state index >= 15 is 0 Å². The first kappa shape index (κ1) is 15.8. The third-order valence-corrected chi connectivity index (χ3v) is 5.68. The van der Waals surface area contributed by atoms with Gasteiger partial charge in [-0.15, -0.1) is 0 Å². The van der Waals surface area contributed by atoms with E-state index in [1.54, 1.807) is 12.1 Å². The topological polar surface area (TPSA) is 46.2 Å². The van der Waals surface area contributed by atoms with Crippen LogP contribution in [0.15, 0.2) is 18.2 Å². The van der Waals surface area contributed by atoms with Crippen LogP contribution in [0.5, 0.6) is 0 Å². The van der Waals surface area contributed by atoms with E-state index in [9.17, 15) is 12.8 Å². The van der Waals surface area contributed by atoms with Crippen molar-refractivity contribution in [1.29, 1.82) is 0 Å². The minimum atomic E-state index is -3.21. The highest BCUT2D eigenvalue weighted by molar-refractivity contribution is 7.89. The van der Waals surface area contributed by atoms with Crippen LogP contribution in [0.25, 0.3) is 0 Å². The van der Waals surface area contributed by atoms with Crippen molar-refractivity contribution < 1.29 is 12.8 Å². The summed E-state index contributed by atoms with van der Waals surface area (Å²) in [6.07, 6.45) is 8.78. The molecule has 0 amide bonds. The van der Waals surface area contributed by atoms with Crippen LogP contribution in [0, 0.1) is 17.7 Å². The van der Waals surface area contributed by atoms with Crippen LogP contribution in [0.1, 0.15) is 44.1 Å². The SMILES string of the molecule is CS(=O)(=O)Cc1ccc(N[C@H]2CCC[C@H](C3CC3)C2)cc1F. The molecular weight excluding hydrogens is 301 g/mol.